The van der Waals surface area contributed by atoms with Crippen molar-refractivity contribution in [1.29, 1.82) is 0 Å². The molecular weight excluding hydrogens is 328 g/mol. The highest BCUT2D eigenvalue weighted by atomic mass is 32.2. The van der Waals surface area contributed by atoms with Crippen molar-refractivity contribution in [3.8, 4) is 0 Å². The summed E-state index contributed by atoms with van der Waals surface area (Å²) in [6.07, 6.45) is 4.71. The van der Waals surface area contributed by atoms with Gasteiger partial charge in [0.1, 0.15) is 6.04 Å². The summed E-state index contributed by atoms with van der Waals surface area (Å²) in [7, 11) is -3.65. The third-order valence-corrected chi connectivity index (χ3v) is 5.98. The summed E-state index contributed by atoms with van der Waals surface area (Å²) in [5, 5.41) is 6.87. The Morgan fingerprint density at radius 3 is 2.75 bits per heavy atom. The van der Waals surface area contributed by atoms with E-state index >= 15 is 0 Å². The number of benzene rings is 1. The molecule has 1 aliphatic heterocycles. The maximum absolute atomic E-state index is 12.7. The molecule has 1 aliphatic rings. The third kappa shape index (κ3) is 3.49. The normalized spacial score (nSPS) is 18.6. The number of hydrogen-bond donors (Lipinski definition) is 1. The van der Waals surface area contributed by atoms with Crippen molar-refractivity contribution in [2.24, 2.45) is 0 Å². The molecule has 128 valence electrons. The number of sulfonamides is 1. The number of carbonyl (C=O) groups excluding carboxylic acids is 1. The summed E-state index contributed by atoms with van der Waals surface area (Å²) in [4.78, 5) is 12.6. The van der Waals surface area contributed by atoms with Crippen LogP contribution in [0, 0.1) is 0 Å². The molecular formula is C16H20N4O3S. The van der Waals surface area contributed by atoms with E-state index in [1.54, 1.807) is 41.2 Å². The summed E-state index contributed by atoms with van der Waals surface area (Å²) in [6.45, 7) is 1.33. The molecule has 0 bridgehead atoms. The second kappa shape index (κ2) is 7.14. The van der Waals surface area contributed by atoms with Gasteiger partial charge >= 0.3 is 0 Å². The minimum Gasteiger partial charge on any atom is -0.353 e. The molecule has 0 radical (unpaired) electrons. The van der Waals surface area contributed by atoms with Crippen LogP contribution >= 0.6 is 0 Å². The minimum absolute atomic E-state index is 0.223. The van der Waals surface area contributed by atoms with Gasteiger partial charge in [-0.1, -0.05) is 18.2 Å². The Bertz CT molecular complexity index is 775. The Labute approximate surface area is 141 Å². The molecule has 2 aromatic rings. The molecule has 0 spiro atoms. The van der Waals surface area contributed by atoms with Gasteiger partial charge in [0, 0.05) is 25.5 Å². The largest absolute Gasteiger partial charge is 0.353 e. The van der Waals surface area contributed by atoms with Crippen molar-refractivity contribution in [3.05, 3.63) is 48.8 Å². The molecule has 24 heavy (non-hydrogen) atoms. The lowest BCUT2D eigenvalue weighted by Crippen LogP contribution is -2.46. The fourth-order valence-electron chi connectivity index (χ4n) is 2.86. The highest BCUT2D eigenvalue weighted by Crippen LogP contribution is 2.26. The van der Waals surface area contributed by atoms with Crippen LogP contribution in [0.2, 0.25) is 0 Å². The first-order valence-electron chi connectivity index (χ1n) is 7.91. The van der Waals surface area contributed by atoms with Crippen molar-refractivity contribution >= 4 is 15.9 Å². The molecule has 1 aromatic heterocycles. The molecule has 3 rings (SSSR count). The summed E-state index contributed by atoms with van der Waals surface area (Å²) in [6, 6.07) is 9.41. The van der Waals surface area contributed by atoms with E-state index in [2.05, 4.69) is 10.4 Å². The summed E-state index contributed by atoms with van der Waals surface area (Å²) in [5.41, 5.74) is 0. The van der Waals surface area contributed by atoms with Gasteiger partial charge in [-0.2, -0.15) is 9.40 Å². The van der Waals surface area contributed by atoms with E-state index in [-0.39, 0.29) is 10.8 Å². The van der Waals surface area contributed by atoms with E-state index in [1.807, 2.05) is 12.3 Å². The molecule has 1 amide bonds. The van der Waals surface area contributed by atoms with Crippen LogP contribution in [-0.4, -0.2) is 47.5 Å². The first-order chi connectivity index (χ1) is 11.6. The summed E-state index contributed by atoms with van der Waals surface area (Å²) in [5.74, 6) is -0.251. The van der Waals surface area contributed by atoms with Gasteiger partial charge in [-0.15, -0.1) is 0 Å². The molecule has 0 aliphatic carbocycles. The predicted molar refractivity (Wildman–Crippen MR) is 88.6 cm³/mol. The number of amides is 1. The van der Waals surface area contributed by atoms with Crippen molar-refractivity contribution in [3.63, 3.8) is 0 Å². The minimum atomic E-state index is -3.65. The Hall–Kier alpha value is -2.19. The highest BCUT2D eigenvalue weighted by molar-refractivity contribution is 7.89. The molecule has 1 atom stereocenters. The fraction of sp³-hybridized carbons (Fsp3) is 0.375. The van der Waals surface area contributed by atoms with Crippen molar-refractivity contribution in [2.45, 2.75) is 30.3 Å². The van der Waals surface area contributed by atoms with Crippen LogP contribution in [0.15, 0.2) is 53.7 Å². The first-order valence-corrected chi connectivity index (χ1v) is 9.35. The van der Waals surface area contributed by atoms with E-state index in [9.17, 15) is 13.2 Å². The summed E-state index contributed by atoms with van der Waals surface area (Å²) < 4.78 is 28.5. The van der Waals surface area contributed by atoms with E-state index in [1.165, 1.54) is 4.31 Å². The molecule has 0 unspecified atom stereocenters. The molecule has 2 heterocycles. The Morgan fingerprint density at radius 1 is 1.25 bits per heavy atom. The van der Waals surface area contributed by atoms with Gasteiger partial charge in [0.15, 0.2) is 0 Å². The van der Waals surface area contributed by atoms with E-state index in [4.69, 9.17) is 0 Å². The van der Waals surface area contributed by atoms with Gasteiger partial charge in [-0.3, -0.25) is 9.48 Å². The number of hydrogen-bond acceptors (Lipinski definition) is 4. The lowest BCUT2D eigenvalue weighted by Gasteiger charge is -2.23. The van der Waals surface area contributed by atoms with Crippen molar-refractivity contribution in [2.75, 3.05) is 13.1 Å². The molecule has 7 nitrogen and oxygen atoms in total. The van der Waals surface area contributed by atoms with Crippen LogP contribution < -0.4 is 5.32 Å². The lowest BCUT2D eigenvalue weighted by molar-refractivity contribution is -0.124. The molecule has 0 saturated carbocycles. The predicted octanol–water partition coefficient (Wildman–Crippen LogP) is 0.853. The van der Waals surface area contributed by atoms with Gasteiger partial charge in [-0.25, -0.2) is 8.42 Å². The number of rotatable bonds is 6. The topological polar surface area (TPSA) is 84.3 Å². The van der Waals surface area contributed by atoms with E-state index < -0.39 is 16.1 Å². The Balaban J connectivity index is 1.65. The second-order valence-corrected chi connectivity index (χ2v) is 7.54. The maximum Gasteiger partial charge on any atom is 0.243 e. The molecule has 8 heteroatoms. The molecule has 1 fully saturated rings. The van der Waals surface area contributed by atoms with Crippen molar-refractivity contribution < 1.29 is 13.2 Å². The number of carbonyl (C=O) groups is 1. The van der Waals surface area contributed by atoms with Crippen LogP contribution in [0.1, 0.15) is 12.8 Å². The van der Waals surface area contributed by atoms with Crippen LogP contribution in [0.5, 0.6) is 0 Å². The average Bonchev–Trinajstić information content (AvgIpc) is 3.27. The van der Waals surface area contributed by atoms with E-state index in [0.717, 1.165) is 0 Å². The van der Waals surface area contributed by atoms with Crippen molar-refractivity contribution in [1.82, 2.24) is 19.4 Å². The van der Waals surface area contributed by atoms with Gasteiger partial charge in [-0.05, 0) is 31.0 Å². The van der Waals surface area contributed by atoms with Crippen LogP contribution in [-0.2, 0) is 21.4 Å². The van der Waals surface area contributed by atoms with Gasteiger partial charge in [0.25, 0.3) is 0 Å². The fourth-order valence-corrected chi connectivity index (χ4v) is 4.54. The number of nitrogens with one attached hydrogen (secondary N) is 1. The maximum atomic E-state index is 12.7. The zero-order valence-corrected chi connectivity index (χ0v) is 14.0. The van der Waals surface area contributed by atoms with Crippen LogP contribution in [0.25, 0.3) is 0 Å². The highest BCUT2D eigenvalue weighted by Gasteiger charge is 2.39. The summed E-state index contributed by atoms with van der Waals surface area (Å²) >= 11 is 0. The number of nitrogens with zero attached hydrogens (tertiary/aromatic N) is 3. The quantitative estimate of drug-likeness (QED) is 0.839. The van der Waals surface area contributed by atoms with E-state index in [0.29, 0.717) is 32.5 Å². The Morgan fingerprint density at radius 2 is 2.04 bits per heavy atom. The first kappa shape index (κ1) is 16.7. The van der Waals surface area contributed by atoms with Crippen LogP contribution in [0.3, 0.4) is 0 Å². The standard InChI is InChI=1S/C16H20N4O3S/c21-16(17-10-13-19-11-5-9-18-19)15-8-4-12-20(15)24(22,23)14-6-2-1-3-7-14/h1-3,5-7,9,11,15H,4,8,10,12-13H2,(H,17,21)/t15-/m0/s1. The van der Waals surface area contributed by atoms with Gasteiger partial charge in [0.2, 0.25) is 15.9 Å². The zero-order chi connectivity index (χ0) is 17.0. The Kier molecular flexibility index (Phi) is 4.96. The average molecular weight is 348 g/mol. The second-order valence-electron chi connectivity index (χ2n) is 5.65. The lowest BCUT2D eigenvalue weighted by atomic mass is 10.2. The van der Waals surface area contributed by atoms with Gasteiger partial charge in [0.05, 0.1) is 11.4 Å². The zero-order valence-electron chi connectivity index (χ0n) is 13.2. The smallest absolute Gasteiger partial charge is 0.243 e. The molecule has 1 N–H and O–H groups in total. The monoisotopic (exact) mass is 348 g/mol. The van der Waals surface area contributed by atoms with Crippen LogP contribution in [0.4, 0.5) is 0 Å². The SMILES string of the molecule is O=C(NCCn1cccn1)[C@@H]1CCCN1S(=O)(=O)c1ccccc1. The molecule has 1 saturated heterocycles. The molecule has 1 aromatic carbocycles. The van der Waals surface area contributed by atoms with Gasteiger partial charge < -0.3 is 5.32 Å². The number of aromatic nitrogens is 2. The third-order valence-electron chi connectivity index (χ3n) is 4.06.